The number of nitrogens with one attached hydrogen (secondary N) is 1. The van der Waals surface area contributed by atoms with Crippen molar-refractivity contribution in [2.24, 2.45) is 10.8 Å². The van der Waals surface area contributed by atoms with E-state index in [1.807, 2.05) is 54.5 Å². The SMILES string of the molecule is CC(C)(C)NC(=O)OC1C(C)(C)C(Oc2ccc(C#N)c(Cl)c2)C1(C)C. The van der Waals surface area contributed by atoms with Gasteiger partial charge in [0, 0.05) is 22.4 Å². The Hall–Kier alpha value is -1.93. The Kier molecular flexibility index (Phi) is 5.22. The van der Waals surface area contributed by atoms with E-state index in [0.29, 0.717) is 16.3 Å². The Morgan fingerprint density at radius 1 is 1.19 bits per heavy atom. The number of amides is 1. The van der Waals surface area contributed by atoms with E-state index in [1.165, 1.54) is 0 Å². The van der Waals surface area contributed by atoms with Crippen molar-refractivity contribution in [3.63, 3.8) is 0 Å². The fourth-order valence-corrected chi connectivity index (χ4v) is 4.16. The second-order valence-corrected chi connectivity index (χ2v) is 9.46. The molecule has 0 saturated heterocycles. The Balaban J connectivity index is 2.14. The highest BCUT2D eigenvalue weighted by Gasteiger charge is 2.66. The first kappa shape index (κ1) is 20.4. The summed E-state index contributed by atoms with van der Waals surface area (Å²) in [5.74, 6) is 0.595. The van der Waals surface area contributed by atoms with E-state index >= 15 is 0 Å². The van der Waals surface area contributed by atoms with Crippen molar-refractivity contribution in [1.82, 2.24) is 5.32 Å². The molecule has 0 heterocycles. The summed E-state index contributed by atoms with van der Waals surface area (Å²) in [6, 6.07) is 7.05. The molecular weight excluding hydrogens is 352 g/mol. The first-order valence-corrected chi connectivity index (χ1v) is 9.02. The van der Waals surface area contributed by atoms with Gasteiger partial charge < -0.3 is 14.8 Å². The lowest BCUT2D eigenvalue weighted by Crippen LogP contribution is -2.71. The minimum atomic E-state index is -0.427. The van der Waals surface area contributed by atoms with E-state index in [1.54, 1.807) is 18.2 Å². The van der Waals surface area contributed by atoms with E-state index in [-0.39, 0.29) is 28.6 Å². The molecule has 142 valence electrons. The Labute approximate surface area is 160 Å². The molecule has 5 nitrogen and oxygen atoms in total. The molecular formula is C20H27ClN2O3. The van der Waals surface area contributed by atoms with Crippen LogP contribution in [-0.4, -0.2) is 23.8 Å². The number of hydrogen-bond donors (Lipinski definition) is 1. The maximum Gasteiger partial charge on any atom is 0.407 e. The standard InChI is InChI=1S/C20H27ClN2O3/c1-18(2,3)23-17(24)26-16-19(4,5)15(20(16,6)7)25-13-9-8-12(11-22)14(21)10-13/h8-10,15-16H,1-7H3,(H,23,24). The quantitative estimate of drug-likeness (QED) is 0.810. The molecule has 26 heavy (non-hydrogen) atoms. The van der Waals surface area contributed by atoms with Crippen LogP contribution in [0, 0.1) is 22.2 Å². The minimum Gasteiger partial charge on any atom is -0.489 e. The lowest BCUT2D eigenvalue weighted by molar-refractivity contribution is -0.235. The molecule has 1 fully saturated rings. The van der Waals surface area contributed by atoms with Crippen LogP contribution in [0.2, 0.25) is 5.02 Å². The van der Waals surface area contributed by atoms with Crippen molar-refractivity contribution in [3.8, 4) is 11.8 Å². The van der Waals surface area contributed by atoms with Crippen LogP contribution in [0.3, 0.4) is 0 Å². The first-order chi connectivity index (χ1) is 11.8. The molecule has 0 atom stereocenters. The molecule has 0 unspecified atom stereocenters. The molecule has 1 aromatic rings. The van der Waals surface area contributed by atoms with Crippen LogP contribution in [0.25, 0.3) is 0 Å². The smallest absolute Gasteiger partial charge is 0.407 e. The number of carbonyl (C=O) groups is 1. The summed E-state index contributed by atoms with van der Waals surface area (Å²) in [5, 5.41) is 12.2. The van der Waals surface area contributed by atoms with Gasteiger partial charge in [0.1, 0.15) is 24.0 Å². The van der Waals surface area contributed by atoms with Gasteiger partial charge in [-0.15, -0.1) is 0 Å². The van der Waals surface area contributed by atoms with Gasteiger partial charge in [0.2, 0.25) is 0 Å². The summed E-state index contributed by atoms with van der Waals surface area (Å²) in [7, 11) is 0. The molecule has 1 aromatic carbocycles. The molecule has 0 aromatic heterocycles. The highest BCUT2D eigenvalue weighted by Crippen LogP contribution is 2.57. The summed E-state index contributed by atoms with van der Waals surface area (Å²) >= 11 is 6.10. The highest BCUT2D eigenvalue weighted by atomic mass is 35.5. The fourth-order valence-electron chi connectivity index (χ4n) is 3.94. The van der Waals surface area contributed by atoms with Crippen molar-refractivity contribution >= 4 is 17.7 Å². The molecule has 1 N–H and O–H groups in total. The number of nitrogens with zero attached hydrogens (tertiary/aromatic N) is 1. The highest BCUT2D eigenvalue weighted by molar-refractivity contribution is 6.31. The summed E-state index contributed by atoms with van der Waals surface area (Å²) in [6.45, 7) is 13.8. The second kappa shape index (κ2) is 6.66. The zero-order chi connectivity index (χ0) is 19.9. The maximum atomic E-state index is 12.2. The third kappa shape index (κ3) is 3.91. The number of ether oxygens (including phenoxy) is 2. The minimum absolute atomic E-state index is 0.175. The van der Waals surface area contributed by atoms with E-state index in [9.17, 15) is 4.79 Å². The van der Waals surface area contributed by atoms with Crippen molar-refractivity contribution in [2.45, 2.75) is 66.2 Å². The molecule has 0 spiro atoms. The van der Waals surface area contributed by atoms with E-state index in [0.717, 1.165) is 0 Å². The summed E-state index contributed by atoms with van der Waals surface area (Å²) < 4.78 is 11.9. The Bertz CT molecular complexity index is 728. The average Bonchev–Trinajstić information content (AvgIpc) is 2.48. The maximum absolute atomic E-state index is 12.2. The third-order valence-electron chi connectivity index (χ3n) is 4.72. The van der Waals surface area contributed by atoms with Crippen LogP contribution >= 0.6 is 11.6 Å². The number of benzene rings is 1. The number of rotatable bonds is 3. The Morgan fingerprint density at radius 3 is 2.23 bits per heavy atom. The molecule has 0 aliphatic heterocycles. The molecule has 1 amide bonds. The lowest BCUT2D eigenvalue weighted by Gasteiger charge is -2.61. The van der Waals surface area contributed by atoms with Crippen molar-refractivity contribution < 1.29 is 14.3 Å². The normalized spacial score (nSPS) is 23.3. The average molecular weight is 379 g/mol. The molecule has 0 radical (unpaired) electrons. The van der Waals surface area contributed by atoms with Gasteiger partial charge in [0.05, 0.1) is 10.6 Å². The Morgan fingerprint density at radius 2 is 1.77 bits per heavy atom. The van der Waals surface area contributed by atoms with Gasteiger partial charge in [-0.3, -0.25) is 0 Å². The number of halogens is 1. The van der Waals surface area contributed by atoms with E-state index < -0.39 is 6.09 Å². The predicted octanol–water partition coefficient (Wildman–Crippen LogP) is 4.92. The van der Waals surface area contributed by atoms with Crippen LogP contribution in [0.15, 0.2) is 18.2 Å². The van der Waals surface area contributed by atoms with E-state index in [2.05, 4.69) is 5.32 Å². The zero-order valence-corrected chi connectivity index (χ0v) is 17.2. The van der Waals surface area contributed by atoms with Gasteiger partial charge in [0.15, 0.2) is 0 Å². The fraction of sp³-hybridized carbons (Fsp3) is 0.600. The van der Waals surface area contributed by atoms with Gasteiger partial charge >= 0.3 is 6.09 Å². The van der Waals surface area contributed by atoms with Gasteiger partial charge in [-0.1, -0.05) is 39.3 Å². The van der Waals surface area contributed by atoms with Crippen molar-refractivity contribution in [3.05, 3.63) is 28.8 Å². The number of nitriles is 1. The van der Waals surface area contributed by atoms with Gasteiger partial charge in [-0.2, -0.15) is 5.26 Å². The van der Waals surface area contributed by atoms with Crippen molar-refractivity contribution in [2.75, 3.05) is 0 Å². The summed E-state index contributed by atoms with van der Waals surface area (Å²) in [5.41, 5.74) is -0.700. The molecule has 1 aliphatic carbocycles. The number of hydrogen-bond acceptors (Lipinski definition) is 4. The zero-order valence-electron chi connectivity index (χ0n) is 16.4. The van der Waals surface area contributed by atoms with E-state index in [4.69, 9.17) is 26.3 Å². The molecule has 1 aliphatic rings. The molecule has 6 heteroatoms. The molecule has 0 bridgehead atoms. The van der Waals surface area contributed by atoms with Gasteiger partial charge in [-0.25, -0.2) is 4.79 Å². The second-order valence-electron chi connectivity index (χ2n) is 9.05. The van der Waals surface area contributed by atoms with Crippen LogP contribution in [0.1, 0.15) is 54.0 Å². The van der Waals surface area contributed by atoms with Crippen molar-refractivity contribution in [1.29, 1.82) is 5.26 Å². The summed E-state index contributed by atoms with van der Waals surface area (Å²) in [6.07, 6.45) is -0.897. The monoisotopic (exact) mass is 378 g/mol. The number of carbonyl (C=O) groups excluding carboxylic acids is 1. The van der Waals surface area contributed by atoms with Crippen LogP contribution in [0.5, 0.6) is 5.75 Å². The van der Waals surface area contributed by atoms with Gasteiger partial charge in [-0.05, 0) is 32.9 Å². The van der Waals surface area contributed by atoms with Crippen LogP contribution < -0.4 is 10.1 Å². The topological polar surface area (TPSA) is 71.3 Å². The van der Waals surface area contributed by atoms with Crippen LogP contribution in [0.4, 0.5) is 4.79 Å². The largest absolute Gasteiger partial charge is 0.489 e. The lowest BCUT2D eigenvalue weighted by atomic mass is 9.51. The van der Waals surface area contributed by atoms with Crippen LogP contribution in [-0.2, 0) is 4.74 Å². The first-order valence-electron chi connectivity index (χ1n) is 8.64. The number of alkyl carbamates (subject to hydrolysis) is 1. The molecule has 2 rings (SSSR count). The third-order valence-corrected chi connectivity index (χ3v) is 5.03. The molecule has 1 saturated carbocycles. The van der Waals surface area contributed by atoms with Gasteiger partial charge in [0.25, 0.3) is 0 Å². The summed E-state index contributed by atoms with van der Waals surface area (Å²) in [4.78, 5) is 12.2. The predicted molar refractivity (Wildman–Crippen MR) is 101 cm³/mol.